The van der Waals surface area contributed by atoms with Gasteiger partial charge in [0, 0.05) is 19.3 Å². The zero-order valence-electron chi connectivity index (χ0n) is 9.70. The van der Waals surface area contributed by atoms with Crippen LogP contribution < -0.4 is 5.32 Å². The molecule has 8 heteroatoms. The largest absolute Gasteiger partial charge is 0.481 e. The monoisotopic (exact) mass is 292 g/mol. The molecule has 2 N–H and O–H groups in total. The maximum Gasteiger partial charge on any atom is 0.417 e. The van der Waals surface area contributed by atoms with E-state index in [2.05, 4.69) is 10.3 Å². The van der Waals surface area contributed by atoms with Gasteiger partial charge in [-0.1, -0.05) is 11.8 Å². The summed E-state index contributed by atoms with van der Waals surface area (Å²) in [5.74, 6) is -0.930. The molecule has 0 unspecified atom stereocenters. The molecular formula is C11H11F3N2O2S. The van der Waals surface area contributed by atoms with Gasteiger partial charge in [-0.3, -0.25) is 4.79 Å². The number of hydrogen-bond donors (Lipinski definition) is 2. The van der Waals surface area contributed by atoms with Crippen molar-refractivity contribution in [1.82, 2.24) is 10.3 Å². The van der Waals surface area contributed by atoms with E-state index >= 15 is 0 Å². The Morgan fingerprint density at radius 2 is 2.16 bits per heavy atom. The molecule has 2 rings (SSSR count). The Kier molecular flexibility index (Phi) is 3.73. The highest BCUT2D eigenvalue weighted by molar-refractivity contribution is 8.00. The molecule has 2 heterocycles. The van der Waals surface area contributed by atoms with Crippen molar-refractivity contribution in [2.24, 2.45) is 0 Å². The SMILES string of the molecule is O=C(O)CC1(Sc2ccc(C(F)(F)F)cn2)CNC1. The molecule has 0 radical (unpaired) electrons. The lowest BCUT2D eigenvalue weighted by Gasteiger charge is -2.40. The number of carboxylic acids is 1. The number of pyridine rings is 1. The Bertz CT molecular complexity index is 472. The predicted octanol–water partition coefficient (Wildman–Crippen LogP) is 2.01. The number of carboxylic acid groups (broad SMARTS) is 1. The second-order valence-corrected chi connectivity index (χ2v) is 5.83. The molecule has 0 atom stereocenters. The third-order valence-electron chi connectivity index (χ3n) is 2.75. The first-order chi connectivity index (χ1) is 8.81. The average Bonchev–Trinajstić information content (AvgIpc) is 2.25. The summed E-state index contributed by atoms with van der Waals surface area (Å²) in [6.07, 6.45) is -3.69. The van der Waals surface area contributed by atoms with Crippen LogP contribution in [0, 0.1) is 0 Å². The number of rotatable bonds is 4. The highest BCUT2D eigenvalue weighted by atomic mass is 32.2. The summed E-state index contributed by atoms with van der Waals surface area (Å²) in [6, 6.07) is 2.23. The Morgan fingerprint density at radius 1 is 1.47 bits per heavy atom. The van der Waals surface area contributed by atoms with Crippen LogP contribution in [-0.2, 0) is 11.0 Å². The van der Waals surface area contributed by atoms with Gasteiger partial charge in [0.05, 0.1) is 21.8 Å². The minimum Gasteiger partial charge on any atom is -0.481 e. The zero-order valence-corrected chi connectivity index (χ0v) is 10.5. The first-order valence-corrected chi connectivity index (χ1v) is 6.27. The van der Waals surface area contributed by atoms with Crippen LogP contribution >= 0.6 is 11.8 Å². The van der Waals surface area contributed by atoms with Crippen molar-refractivity contribution < 1.29 is 23.1 Å². The van der Waals surface area contributed by atoms with Gasteiger partial charge in [0.15, 0.2) is 0 Å². The smallest absolute Gasteiger partial charge is 0.417 e. The van der Waals surface area contributed by atoms with E-state index in [1.807, 2.05) is 0 Å². The normalized spacial score (nSPS) is 17.8. The molecule has 4 nitrogen and oxygen atoms in total. The molecule has 0 aromatic carbocycles. The van der Waals surface area contributed by atoms with Crippen LogP contribution in [0.5, 0.6) is 0 Å². The first kappa shape index (κ1) is 14.1. The van der Waals surface area contributed by atoms with E-state index in [-0.39, 0.29) is 6.42 Å². The summed E-state index contributed by atoms with van der Waals surface area (Å²) < 4.78 is 36.6. The van der Waals surface area contributed by atoms with Crippen molar-refractivity contribution in [2.45, 2.75) is 22.4 Å². The number of nitrogens with one attached hydrogen (secondary N) is 1. The van der Waals surface area contributed by atoms with Crippen LogP contribution in [-0.4, -0.2) is 33.9 Å². The number of thioether (sulfide) groups is 1. The van der Waals surface area contributed by atoms with Gasteiger partial charge in [0.1, 0.15) is 0 Å². The van der Waals surface area contributed by atoms with Gasteiger partial charge in [0.2, 0.25) is 0 Å². The van der Waals surface area contributed by atoms with Crippen LogP contribution in [0.25, 0.3) is 0 Å². The second-order valence-electron chi connectivity index (χ2n) is 4.34. The standard InChI is InChI=1S/C11H11F3N2O2S/c12-11(13,14)7-1-2-8(16-4-7)19-10(3-9(17)18)5-15-6-10/h1-2,4,15H,3,5-6H2,(H,17,18). The maximum atomic E-state index is 12.4. The number of halogens is 3. The summed E-state index contributed by atoms with van der Waals surface area (Å²) in [5, 5.41) is 12.2. The lowest BCUT2D eigenvalue weighted by Crippen LogP contribution is -2.58. The van der Waals surface area contributed by atoms with Crippen molar-refractivity contribution in [3.05, 3.63) is 23.9 Å². The van der Waals surface area contributed by atoms with Gasteiger partial charge >= 0.3 is 12.1 Å². The first-order valence-electron chi connectivity index (χ1n) is 5.46. The van der Waals surface area contributed by atoms with Crippen LogP contribution in [0.2, 0.25) is 0 Å². The number of nitrogens with zero attached hydrogens (tertiary/aromatic N) is 1. The van der Waals surface area contributed by atoms with E-state index in [0.717, 1.165) is 12.3 Å². The highest BCUT2D eigenvalue weighted by Gasteiger charge is 2.40. The van der Waals surface area contributed by atoms with E-state index in [1.165, 1.54) is 17.8 Å². The maximum absolute atomic E-state index is 12.4. The molecule has 1 aliphatic rings. The van der Waals surface area contributed by atoms with Crippen LogP contribution in [0.3, 0.4) is 0 Å². The van der Waals surface area contributed by atoms with E-state index < -0.39 is 22.5 Å². The lowest BCUT2D eigenvalue weighted by atomic mass is 9.98. The van der Waals surface area contributed by atoms with Gasteiger partial charge in [-0.05, 0) is 12.1 Å². The average molecular weight is 292 g/mol. The van der Waals surface area contributed by atoms with Crippen molar-refractivity contribution in [3.63, 3.8) is 0 Å². The third kappa shape index (κ3) is 3.38. The summed E-state index contributed by atoms with van der Waals surface area (Å²) in [4.78, 5) is 14.5. The minimum absolute atomic E-state index is 0.0482. The molecule has 104 valence electrons. The Morgan fingerprint density at radius 3 is 2.53 bits per heavy atom. The molecule has 0 bridgehead atoms. The number of hydrogen-bond acceptors (Lipinski definition) is 4. The summed E-state index contributed by atoms with van der Waals surface area (Å²) in [5.41, 5.74) is -0.809. The van der Waals surface area contributed by atoms with Gasteiger partial charge in [0.25, 0.3) is 0 Å². The van der Waals surface area contributed by atoms with Gasteiger partial charge in [-0.2, -0.15) is 13.2 Å². The summed E-state index contributed by atoms with van der Waals surface area (Å²) in [6.45, 7) is 1.01. The number of aliphatic carboxylic acids is 1. The second kappa shape index (κ2) is 5.01. The fraction of sp³-hybridized carbons (Fsp3) is 0.455. The molecular weight excluding hydrogens is 281 g/mol. The topological polar surface area (TPSA) is 62.2 Å². The van der Waals surface area contributed by atoms with Crippen molar-refractivity contribution >= 4 is 17.7 Å². The van der Waals surface area contributed by atoms with Crippen molar-refractivity contribution in [3.8, 4) is 0 Å². The molecule has 0 saturated carbocycles. The zero-order chi connectivity index (χ0) is 14.1. The van der Waals surface area contributed by atoms with Gasteiger partial charge in [-0.25, -0.2) is 4.98 Å². The summed E-state index contributed by atoms with van der Waals surface area (Å²) in [7, 11) is 0. The molecule has 0 amide bonds. The predicted molar refractivity (Wildman–Crippen MR) is 62.9 cm³/mol. The van der Waals surface area contributed by atoms with E-state index in [4.69, 9.17) is 5.11 Å². The minimum atomic E-state index is -4.41. The number of alkyl halides is 3. The molecule has 1 fully saturated rings. The van der Waals surface area contributed by atoms with Crippen LogP contribution in [0.4, 0.5) is 13.2 Å². The van der Waals surface area contributed by atoms with Gasteiger partial charge in [-0.15, -0.1) is 0 Å². The van der Waals surface area contributed by atoms with Crippen LogP contribution in [0.15, 0.2) is 23.4 Å². The molecule has 0 spiro atoms. The quantitative estimate of drug-likeness (QED) is 0.889. The molecule has 1 aromatic heterocycles. The molecule has 1 aliphatic heterocycles. The van der Waals surface area contributed by atoms with E-state index in [1.54, 1.807) is 0 Å². The Hall–Kier alpha value is -1.28. The van der Waals surface area contributed by atoms with Gasteiger partial charge < -0.3 is 10.4 Å². The molecule has 1 aromatic rings. The third-order valence-corrected chi connectivity index (χ3v) is 4.07. The van der Waals surface area contributed by atoms with Crippen LogP contribution in [0.1, 0.15) is 12.0 Å². The van der Waals surface area contributed by atoms with E-state index in [0.29, 0.717) is 18.1 Å². The Balaban J connectivity index is 2.08. The van der Waals surface area contributed by atoms with Crippen molar-refractivity contribution in [2.75, 3.05) is 13.1 Å². The highest BCUT2D eigenvalue weighted by Crippen LogP contribution is 2.38. The van der Waals surface area contributed by atoms with E-state index in [9.17, 15) is 18.0 Å². The molecule has 1 saturated heterocycles. The number of aromatic nitrogens is 1. The van der Waals surface area contributed by atoms with Crippen molar-refractivity contribution in [1.29, 1.82) is 0 Å². The Labute approximate surface area is 111 Å². The lowest BCUT2D eigenvalue weighted by molar-refractivity contribution is -0.138. The molecule has 19 heavy (non-hydrogen) atoms. The summed E-state index contributed by atoms with van der Waals surface area (Å²) >= 11 is 1.20. The molecule has 0 aliphatic carbocycles. The number of carbonyl (C=O) groups is 1. The fourth-order valence-electron chi connectivity index (χ4n) is 1.74. The fourth-order valence-corrected chi connectivity index (χ4v) is 2.97.